The summed E-state index contributed by atoms with van der Waals surface area (Å²) in [6, 6.07) is 0. The minimum atomic E-state index is -0.0486. The summed E-state index contributed by atoms with van der Waals surface area (Å²) >= 11 is 0. The Morgan fingerprint density at radius 3 is 1.33 bits per heavy atom. The Morgan fingerprint density at radius 2 is 0.911 bits per heavy atom. The lowest BCUT2D eigenvalue weighted by atomic mass is 9.71. The van der Waals surface area contributed by atoms with Gasteiger partial charge >= 0.3 is 11.9 Å². The van der Waals surface area contributed by atoms with Crippen LogP contribution in [0.5, 0.6) is 0 Å². The molecule has 0 saturated heterocycles. The van der Waals surface area contributed by atoms with Crippen LogP contribution in [0.25, 0.3) is 0 Å². The van der Waals surface area contributed by atoms with E-state index < -0.39 is 0 Å². The second-order valence-corrected chi connectivity index (χ2v) is 15.2. The van der Waals surface area contributed by atoms with Crippen molar-refractivity contribution in [1.82, 2.24) is 0 Å². The third-order valence-electron chi connectivity index (χ3n) is 11.4. The highest BCUT2D eigenvalue weighted by atomic mass is 16.6. The highest BCUT2D eigenvalue weighted by molar-refractivity contribution is 5.70. The summed E-state index contributed by atoms with van der Waals surface area (Å²) in [5.41, 5.74) is 3.70. The molecular formula is C39H64O6. The molecule has 0 amide bonds. The van der Waals surface area contributed by atoms with Gasteiger partial charge in [-0.25, -0.2) is 0 Å². The second kappa shape index (κ2) is 20.6. The molecule has 45 heavy (non-hydrogen) atoms. The van der Waals surface area contributed by atoms with Crippen molar-refractivity contribution < 1.29 is 28.5 Å². The molecule has 0 radical (unpaired) electrons. The van der Waals surface area contributed by atoms with Crippen LogP contribution in [0.3, 0.4) is 0 Å². The minimum Gasteiger partial charge on any atom is -0.463 e. The summed E-state index contributed by atoms with van der Waals surface area (Å²) in [5, 5.41) is 0. The van der Waals surface area contributed by atoms with E-state index >= 15 is 0 Å². The highest BCUT2D eigenvalue weighted by Gasteiger charge is 2.30. The Morgan fingerprint density at radius 1 is 0.533 bits per heavy atom. The van der Waals surface area contributed by atoms with Gasteiger partial charge in [0.2, 0.25) is 0 Å². The van der Waals surface area contributed by atoms with Crippen LogP contribution in [0, 0.1) is 47.3 Å². The molecular weight excluding hydrogens is 564 g/mol. The van der Waals surface area contributed by atoms with E-state index in [2.05, 4.69) is 17.9 Å². The average Bonchev–Trinajstić information content (AvgIpc) is 3.02. The molecule has 0 aliphatic heterocycles. The first kappa shape index (κ1) is 36.2. The van der Waals surface area contributed by atoms with E-state index in [9.17, 15) is 9.59 Å². The van der Waals surface area contributed by atoms with Gasteiger partial charge < -0.3 is 18.9 Å². The molecule has 4 rings (SSSR count). The molecule has 6 nitrogen and oxygen atoms in total. The monoisotopic (exact) mass is 628 g/mol. The predicted octanol–water partition coefficient (Wildman–Crippen LogP) is 8.86. The zero-order chi connectivity index (χ0) is 31.7. The Kier molecular flexibility index (Phi) is 16.6. The fourth-order valence-electron chi connectivity index (χ4n) is 9.34. The van der Waals surface area contributed by atoms with Gasteiger partial charge in [-0.2, -0.15) is 0 Å². The maximum atomic E-state index is 12.2. The Hall–Kier alpha value is -1.62. The molecule has 4 saturated carbocycles. The van der Waals surface area contributed by atoms with Crippen molar-refractivity contribution in [2.24, 2.45) is 47.3 Å². The summed E-state index contributed by atoms with van der Waals surface area (Å²) in [6.45, 7) is 1.70. The number of hydrogen-bond donors (Lipinski definition) is 0. The summed E-state index contributed by atoms with van der Waals surface area (Å²) in [4.78, 5) is 24.4. The number of methoxy groups -OCH3 is 2. The summed E-state index contributed by atoms with van der Waals surface area (Å²) < 4.78 is 20.7. The van der Waals surface area contributed by atoms with Gasteiger partial charge in [0.25, 0.3) is 0 Å². The van der Waals surface area contributed by atoms with Crippen LogP contribution in [0.4, 0.5) is 0 Å². The van der Waals surface area contributed by atoms with Gasteiger partial charge in [0.1, 0.15) is 13.2 Å². The number of hydrogen-bond acceptors (Lipinski definition) is 6. The summed E-state index contributed by atoms with van der Waals surface area (Å²) in [6.07, 6.45) is 29.3. The Balaban J connectivity index is 1.15. The fourth-order valence-corrected chi connectivity index (χ4v) is 9.34. The summed E-state index contributed by atoms with van der Waals surface area (Å²) in [7, 11) is 3.27. The quantitative estimate of drug-likeness (QED) is 0.0966. The van der Waals surface area contributed by atoms with E-state index in [0.29, 0.717) is 62.9 Å². The molecule has 8 atom stereocenters. The zero-order valence-electron chi connectivity index (χ0n) is 28.7. The molecule has 0 N–H and O–H groups in total. The maximum absolute atomic E-state index is 12.2. The van der Waals surface area contributed by atoms with E-state index in [0.717, 1.165) is 23.7 Å². The van der Waals surface area contributed by atoms with E-state index in [-0.39, 0.29) is 11.9 Å². The van der Waals surface area contributed by atoms with Crippen molar-refractivity contribution in [2.75, 3.05) is 40.6 Å². The van der Waals surface area contributed by atoms with Crippen LogP contribution < -0.4 is 0 Å². The number of ether oxygens (including phenoxy) is 4. The molecule has 0 heterocycles. The summed E-state index contributed by atoms with van der Waals surface area (Å²) in [5.74, 6) is 5.43. The molecule has 4 aliphatic rings. The molecule has 0 aromatic heterocycles. The van der Waals surface area contributed by atoms with Crippen molar-refractivity contribution in [1.29, 1.82) is 0 Å². The first-order valence-electron chi connectivity index (χ1n) is 18.7. The third-order valence-corrected chi connectivity index (χ3v) is 11.4. The molecule has 0 bridgehead atoms. The second-order valence-electron chi connectivity index (χ2n) is 15.2. The van der Waals surface area contributed by atoms with E-state index in [4.69, 9.17) is 18.9 Å². The van der Waals surface area contributed by atoms with Crippen LogP contribution in [-0.2, 0) is 28.5 Å². The normalized spacial score (nSPS) is 32.2. The largest absolute Gasteiger partial charge is 0.463 e. The van der Waals surface area contributed by atoms with Gasteiger partial charge in [-0.15, -0.1) is 5.73 Å². The van der Waals surface area contributed by atoms with Crippen LogP contribution in [0.1, 0.15) is 128 Å². The molecule has 256 valence electrons. The fraction of sp³-hybridized carbons (Fsp3) is 0.872. The van der Waals surface area contributed by atoms with Gasteiger partial charge in [0.05, 0.1) is 13.2 Å². The van der Waals surface area contributed by atoms with Gasteiger partial charge in [0, 0.05) is 27.1 Å². The smallest absolute Gasteiger partial charge is 0.306 e. The van der Waals surface area contributed by atoms with Gasteiger partial charge in [-0.1, -0.05) is 51.4 Å². The molecule has 6 heteroatoms. The molecule has 0 aromatic carbocycles. The number of carbonyl (C=O) groups excluding carboxylic acids is 2. The van der Waals surface area contributed by atoms with Crippen molar-refractivity contribution in [2.45, 2.75) is 128 Å². The van der Waals surface area contributed by atoms with Crippen molar-refractivity contribution >= 4 is 11.9 Å². The molecule has 0 aromatic rings. The number of carbonyl (C=O) groups is 2. The van der Waals surface area contributed by atoms with E-state index in [1.807, 2.05) is 0 Å². The molecule has 4 aliphatic carbocycles. The Labute approximate surface area is 274 Å². The molecule has 0 spiro atoms. The topological polar surface area (TPSA) is 71.1 Å². The van der Waals surface area contributed by atoms with Gasteiger partial charge in [-0.05, 0) is 124 Å². The minimum absolute atomic E-state index is 0.0486. The zero-order valence-corrected chi connectivity index (χ0v) is 28.7. The lowest BCUT2D eigenvalue weighted by Gasteiger charge is -2.34. The standard InChI is InChI=1S/C39H64O6/c1-42-18-20-44-38(40)28-36-16-6-14-34(26-36)24-32-12-4-10-30(22-32)8-3-9-31-11-5-13-33(23-31)25-35-15-7-17-37(27-35)29-39(41)45-21-19-43-2/h8-9,30-37H,4-7,10-29H2,1-2H3. The van der Waals surface area contributed by atoms with Crippen molar-refractivity contribution in [3.63, 3.8) is 0 Å². The third kappa shape index (κ3) is 14.0. The SMILES string of the molecule is COCCOC(=O)CC1CCCC(CC2CCCC(C=C=CC3CCCC(CC4CCCC(CC(=O)OCCOC)C4)C3)C2)C1. The van der Waals surface area contributed by atoms with Crippen LogP contribution in [-0.4, -0.2) is 52.6 Å². The average molecular weight is 629 g/mol. The predicted molar refractivity (Wildman–Crippen MR) is 179 cm³/mol. The van der Waals surface area contributed by atoms with Gasteiger partial charge in [0.15, 0.2) is 0 Å². The first-order chi connectivity index (χ1) is 22.0. The Bertz CT molecular complexity index is 854. The van der Waals surface area contributed by atoms with E-state index in [1.54, 1.807) is 14.2 Å². The van der Waals surface area contributed by atoms with Crippen molar-refractivity contribution in [3.8, 4) is 0 Å². The van der Waals surface area contributed by atoms with Crippen LogP contribution in [0.15, 0.2) is 17.9 Å². The van der Waals surface area contributed by atoms with Crippen molar-refractivity contribution in [3.05, 3.63) is 17.9 Å². The highest BCUT2D eigenvalue weighted by Crippen LogP contribution is 2.41. The van der Waals surface area contributed by atoms with Crippen LogP contribution >= 0.6 is 0 Å². The lowest BCUT2D eigenvalue weighted by molar-refractivity contribution is -0.147. The first-order valence-corrected chi connectivity index (χ1v) is 18.7. The van der Waals surface area contributed by atoms with Crippen LogP contribution in [0.2, 0.25) is 0 Å². The molecule has 4 fully saturated rings. The maximum Gasteiger partial charge on any atom is 0.306 e. The number of esters is 2. The van der Waals surface area contributed by atoms with Gasteiger partial charge in [-0.3, -0.25) is 9.59 Å². The molecule has 8 unspecified atom stereocenters. The van der Waals surface area contributed by atoms with E-state index in [1.165, 1.54) is 116 Å². The number of allylic oxidation sites excluding steroid dienone is 1. The number of rotatable bonds is 16. The lowest BCUT2D eigenvalue weighted by Crippen LogP contribution is -2.24.